The standard InChI is InChI=1S/C22H28N2O4/c1-15-9-17(12-23)13-24(15)22(25)18-10-19(26-2)21(20(11-18)27-3)28-14-16-7-5-4-6-8-16/h4-8,10-11,15,17H,9,12-14,23H2,1-3H3. The van der Waals surface area contributed by atoms with E-state index in [9.17, 15) is 4.79 Å². The van der Waals surface area contributed by atoms with Crippen molar-refractivity contribution in [3.63, 3.8) is 0 Å². The molecule has 2 aromatic carbocycles. The lowest BCUT2D eigenvalue weighted by Crippen LogP contribution is -2.34. The average molecular weight is 384 g/mol. The third kappa shape index (κ3) is 4.22. The van der Waals surface area contributed by atoms with Crippen LogP contribution in [0.4, 0.5) is 0 Å². The molecule has 6 nitrogen and oxygen atoms in total. The van der Waals surface area contributed by atoms with Crippen molar-refractivity contribution in [1.82, 2.24) is 4.90 Å². The predicted molar refractivity (Wildman–Crippen MR) is 108 cm³/mol. The van der Waals surface area contributed by atoms with E-state index in [1.165, 1.54) is 0 Å². The van der Waals surface area contributed by atoms with E-state index in [0.29, 0.717) is 48.4 Å². The molecule has 0 radical (unpaired) electrons. The maximum Gasteiger partial charge on any atom is 0.254 e. The lowest BCUT2D eigenvalue weighted by Gasteiger charge is -2.23. The third-order valence-electron chi connectivity index (χ3n) is 5.19. The number of nitrogens with two attached hydrogens (primary N) is 1. The quantitative estimate of drug-likeness (QED) is 0.794. The number of nitrogens with zero attached hydrogens (tertiary/aromatic N) is 1. The topological polar surface area (TPSA) is 74.0 Å². The van der Waals surface area contributed by atoms with E-state index in [0.717, 1.165) is 12.0 Å². The summed E-state index contributed by atoms with van der Waals surface area (Å²) in [6.07, 6.45) is 0.925. The van der Waals surface area contributed by atoms with Crippen LogP contribution in [-0.4, -0.2) is 44.2 Å². The molecule has 1 aliphatic heterocycles. The summed E-state index contributed by atoms with van der Waals surface area (Å²) in [6.45, 7) is 3.70. The molecule has 0 spiro atoms. The second-order valence-corrected chi connectivity index (χ2v) is 7.13. The number of likely N-dealkylation sites (tertiary alicyclic amines) is 1. The molecule has 3 rings (SSSR count). The van der Waals surface area contributed by atoms with E-state index in [4.69, 9.17) is 19.9 Å². The first kappa shape index (κ1) is 20.0. The molecule has 1 saturated heterocycles. The zero-order valence-corrected chi connectivity index (χ0v) is 16.7. The lowest BCUT2D eigenvalue weighted by atomic mass is 10.1. The molecule has 0 bridgehead atoms. The van der Waals surface area contributed by atoms with Crippen LogP contribution >= 0.6 is 0 Å². The Balaban J connectivity index is 1.85. The highest BCUT2D eigenvalue weighted by atomic mass is 16.5. The van der Waals surface area contributed by atoms with Crippen molar-refractivity contribution in [2.45, 2.75) is 26.0 Å². The molecule has 6 heteroatoms. The van der Waals surface area contributed by atoms with Crippen LogP contribution in [0.3, 0.4) is 0 Å². The van der Waals surface area contributed by atoms with Gasteiger partial charge in [-0.05, 0) is 43.5 Å². The second kappa shape index (κ2) is 8.97. The number of carbonyl (C=O) groups is 1. The summed E-state index contributed by atoms with van der Waals surface area (Å²) in [5.74, 6) is 1.73. The molecular formula is C22H28N2O4. The number of rotatable bonds is 7. The Hall–Kier alpha value is -2.73. The van der Waals surface area contributed by atoms with Crippen molar-refractivity contribution in [3.8, 4) is 17.2 Å². The smallest absolute Gasteiger partial charge is 0.254 e. The Bertz CT molecular complexity index is 784. The minimum Gasteiger partial charge on any atom is -0.493 e. The lowest BCUT2D eigenvalue weighted by molar-refractivity contribution is 0.0742. The minimum absolute atomic E-state index is 0.0466. The van der Waals surface area contributed by atoms with Gasteiger partial charge in [-0.1, -0.05) is 30.3 Å². The van der Waals surface area contributed by atoms with Crippen molar-refractivity contribution < 1.29 is 19.0 Å². The van der Waals surface area contributed by atoms with Crippen molar-refractivity contribution in [3.05, 3.63) is 53.6 Å². The van der Waals surface area contributed by atoms with E-state index >= 15 is 0 Å². The molecule has 1 fully saturated rings. The largest absolute Gasteiger partial charge is 0.493 e. The van der Waals surface area contributed by atoms with Gasteiger partial charge in [0.15, 0.2) is 11.5 Å². The molecule has 0 aromatic heterocycles. The monoisotopic (exact) mass is 384 g/mol. The highest BCUT2D eigenvalue weighted by molar-refractivity contribution is 5.96. The fourth-order valence-electron chi connectivity index (χ4n) is 3.64. The Morgan fingerprint density at radius 1 is 1.14 bits per heavy atom. The SMILES string of the molecule is COc1cc(C(=O)N2CC(CN)CC2C)cc(OC)c1OCc1ccccc1. The summed E-state index contributed by atoms with van der Waals surface area (Å²) in [7, 11) is 3.11. The Morgan fingerprint density at radius 3 is 2.32 bits per heavy atom. The van der Waals surface area contributed by atoms with Gasteiger partial charge in [0.05, 0.1) is 14.2 Å². The molecule has 0 aliphatic carbocycles. The van der Waals surface area contributed by atoms with Crippen LogP contribution in [0.2, 0.25) is 0 Å². The van der Waals surface area contributed by atoms with Crippen molar-refractivity contribution in [2.75, 3.05) is 27.3 Å². The molecule has 0 saturated carbocycles. The molecule has 150 valence electrons. The zero-order valence-electron chi connectivity index (χ0n) is 16.7. The first-order valence-corrected chi connectivity index (χ1v) is 9.51. The molecule has 1 amide bonds. The third-order valence-corrected chi connectivity index (χ3v) is 5.19. The van der Waals surface area contributed by atoms with Crippen molar-refractivity contribution in [2.24, 2.45) is 11.7 Å². The van der Waals surface area contributed by atoms with Crippen LogP contribution < -0.4 is 19.9 Å². The first-order valence-electron chi connectivity index (χ1n) is 9.51. The van der Waals surface area contributed by atoms with Gasteiger partial charge in [-0.3, -0.25) is 4.79 Å². The summed E-state index contributed by atoms with van der Waals surface area (Å²) in [5.41, 5.74) is 7.35. The fourth-order valence-corrected chi connectivity index (χ4v) is 3.64. The van der Waals surface area contributed by atoms with E-state index in [1.807, 2.05) is 35.2 Å². The molecule has 2 unspecified atom stereocenters. The van der Waals surface area contributed by atoms with Crippen LogP contribution in [0.1, 0.15) is 29.3 Å². The fraction of sp³-hybridized carbons (Fsp3) is 0.409. The number of methoxy groups -OCH3 is 2. The van der Waals surface area contributed by atoms with Crippen LogP contribution in [0.5, 0.6) is 17.2 Å². The van der Waals surface area contributed by atoms with Gasteiger partial charge in [-0.25, -0.2) is 0 Å². The molecule has 2 N–H and O–H groups in total. The summed E-state index contributed by atoms with van der Waals surface area (Å²) >= 11 is 0. The normalized spacial score (nSPS) is 18.8. The van der Waals surface area contributed by atoms with Crippen LogP contribution in [0, 0.1) is 5.92 Å². The van der Waals surface area contributed by atoms with Crippen LogP contribution in [-0.2, 0) is 6.61 Å². The number of carbonyl (C=O) groups excluding carboxylic acids is 1. The molecular weight excluding hydrogens is 356 g/mol. The Morgan fingerprint density at radius 2 is 1.79 bits per heavy atom. The summed E-state index contributed by atoms with van der Waals surface area (Å²) in [5, 5.41) is 0. The van der Waals surface area contributed by atoms with Crippen molar-refractivity contribution >= 4 is 5.91 Å². The van der Waals surface area contributed by atoms with Crippen LogP contribution in [0.15, 0.2) is 42.5 Å². The summed E-state index contributed by atoms with van der Waals surface area (Å²) in [6, 6.07) is 13.4. The second-order valence-electron chi connectivity index (χ2n) is 7.13. The van der Waals surface area contributed by atoms with E-state index < -0.39 is 0 Å². The number of ether oxygens (including phenoxy) is 3. The molecule has 28 heavy (non-hydrogen) atoms. The molecule has 1 heterocycles. The average Bonchev–Trinajstić information content (AvgIpc) is 3.12. The Kier molecular flexibility index (Phi) is 6.41. The van der Waals surface area contributed by atoms with Gasteiger partial charge in [0, 0.05) is 18.2 Å². The number of benzene rings is 2. The van der Waals surface area contributed by atoms with Gasteiger partial charge < -0.3 is 24.8 Å². The Labute approximate surface area is 166 Å². The predicted octanol–water partition coefficient (Wildman–Crippen LogP) is 3.09. The number of hydrogen-bond acceptors (Lipinski definition) is 5. The van der Waals surface area contributed by atoms with Gasteiger partial charge in [-0.15, -0.1) is 0 Å². The van der Waals surface area contributed by atoms with Gasteiger partial charge in [0.2, 0.25) is 5.75 Å². The number of amides is 1. The van der Waals surface area contributed by atoms with E-state index in [1.54, 1.807) is 26.4 Å². The molecule has 2 aromatic rings. The minimum atomic E-state index is -0.0466. The van der Waals surface area contributed by atoms with Crippen molar-refractivity contribution in [1.29, 1.82) is 0 Å². The van der Waals surface area contributed by atoms with E-state index in [2.05, 4.69) is 6.92 Å². The molecule has 1 aliphatic rings. The highest BCUT2D eigenvalue weighted by Gasteiger charge is 2.33. The highest BCUT2D eigenvalue weighted by Crippen LogP contribution is 2.40. The van der Waals surface area contributed by atoms with Gasteiger partial charge >= 0.3 is 0 Å². The number of hydrogen-bond donors (Lipinski definition) is 1. The first-order chi connectivity index (χ1) is 13.6. The van der Waals surface area contributed by atoms with Gasteiger partial charge in [0.1, 0.15) is 6.61 Å². The maximum atomic E-state index is 13.1. The van der Waals surface area contributed by atoms with Gasteiger partial charge in [0.25, 0.3) is 5.91 Å². The van der Waals surface area contributed by atoms with Crippen LogP contribution in [0.25, 0.3) is 0 Å². The zero-order chi connectivity index (χ0) is 20.1. The van der Waals surface area contributed by atoms with Gasteiger partial charge in [-0.2, -0.15) is 0 Å². The summed E-state index contributed by atoms with van der Waals surface area (Å²) in [4.78, 5) is 15.0. The summed E-state index contributed by atoms with van der Waals surface area (Å²) < 4.78 is 17.0. The maximum absolute atomic E-state index is 13.1. The van der Waals surface area contributed by atoms with E-state index in [-0.39, 0.29) is 11.9 Å². The molecule has 2 atom stereocenters.